The number of hydrogen-bond donors (Lipinski definition) is 2. The second-order valence-corrected chi connectivity index (χ2v) is 10.0. The van der Waals surface area contributed by atoms with Gasteiger partial charge in [-0.3, -0.25) is 13.9 Å². The van der Waals surface area contributed by atoms with Crippen LogP contribution in [0.1, 0.15) is 23.0 Å². The minimum absolute atomic E-state index is 0.0898. The molecular formula is C21H26N5O7P. The minimum atomic E-state index is -3.25. The summed E-state index contributed by atoms with van der Waals surface area (Å²) in [6, 6.07) is 8.72. The Hall–Kier alpha value is -2.73. The number of rotatable bonds is 9. The molecule has 1 aliphatic rings. The SMILES string of the molecule is COC1C(CCP(=O)(OC)OC)OC(n2cnc3c(NC(=O)c4ccccc4)ncnc32)C1O. The number of ether oxygens (including phenoxy) is 2. The topological polar surface area (TPSA) is 147 Å². The van der Waals surface area contributed by atoms with Gasteiger partial charge in [0.1, 0.15) is 18.5 Å². The van der Waals surface area contributed by atoms with Crippen molar-refractivity contribution in [2.24, 2.45) is 0 Å². The Morgan fingerprint density at radius 1 is 1.18 bits per heavy atom. The number of carbonyl (C=O) groups is 1. The summed E-state index contributed by atoms with van der Waals surface area (Å²) in [5, 5.41) is 13.7. The van der Waals surface area contributed by atoms with Crippen molar-refractivity contribution >= 4 is 30.5 Å². The third kappa shape index (κ3) is 4.74. The van der Waals surface area contributed by atoms with Crippen LogP contribution in [-0.2, 0) is 23.1 Å². The van der Waals surface area contributed by atoms with Gasteiger partial charge in [-0.25, -0.2) is 15.0 Å². The van der Waals surface area contributed by atoms with E-state index in [2.05, 4.69) is 20.3 Å². The van der Waals surface area contributed by atoms with Gasteiger partial charge in [0, 0.05) is 26.9 Å². The fourth-order valence-corrected chi connectivity index (χ4v) is 5.00. The first kappa shape index (κ1) is 24.4. The molecule has 1 saturated heterocycles. The molecule has 12 nitrogen and oxygen atoms in total. The second-order valence-electron chi connectivity index (χ2n) is 7.61. The van der Waals surface area contributed by atoms with Crippen LogP contribution in [0.3, 0.4) is 0 Å². The van der Waals surface area contributed by atoms with Crippen molar-refractivity contribution in [2.45, 2.75) is 31.0 Å². The first-order valence-corrected chi connectivity index (χ1v) is 12.2. The quantitative estimate of drug-likeness (QED) is 0.427. The van der Waals surface area contributed by atoms with E-state index in [0.29, 0.717) is 16.7 Å². The first-order chi connectivity index (χ1) is 16.4. The monoisotopic (exact) mass is 491 g/mol. The third-order valence-corrected chi connectivity index (χ3v) is 7.64. The lowest BCUT2D eigenvalue weighted by atomic mass is 10.1. The molecule has 4 rings (SSSR count). The fourth-order valence-electron chi connectivity index (χ4n) is 3.91. The van der Waals surface area contributed by atoms with Crippen LogP contribution in [0.15, 0.2) is 43.0 Å². The van der Waals surface area contributed by atoms with Gasteiger partial charge in [-0.05, 0) is 18.6 Å². The maximum absolute atomic E-state index is 12.6. The van der Waals surface area contributed by atoms with Crippen molar-refractivity contribution in [1.29, 1.82) is 0 Å². The molecule has 0 aliphatic carbocycles. The number of methoxy groups -OCH3 is 1. The molecule has 0 saturated carbocycles. The molecule has 0 radical (unpaired) electrons. The smallest absolute Gasteiger partial charge is 0.330 e. The number of carbonyl (C=O) groups excluding carboxylic acids is 1. The van der Waals surface area contributed by atoms with Gasteiger partial charge in [0.05, 0.1) is 18.6 Å². The van der Waals surface area contributed by atoms with E-state index in [1.165, 1.54) is 34.0 Å². The standard InChI is InChI=1S/C21H26N5O7P/c1-30-17-14(9-10-34(29,31-2)32-3)33-21(16(17)27)26-12-24-15-18(22-11-23-19(15)26)25-20(28)13-7-5-4-6-8-13/h4-8,11-12,14,16-17,21,27H,9-10H2,1-3H3,(H,22,23,25,28). The second kappa shape index (κ2) is 10.3. The van der Waals surface area contributed by atoms with Gasteiger partial charge in [0.2, 0.25) is 0 Å². The number of hydrogen-bond acceptors (Lipinski definition) is 10. The fraction of sp³-hybridized carbons (Fsp3) is 0.429. The van der Waals surface area contributed by atoms with Gasteiger partial charge in [-0.1, -0.05) is 18.2 Å². The molecule has 1 aromatic carbocycles. The van der Waals surface area contributed by atoms with Crippen molar-refractivity contribution in [2.75, 3.05) is 32.8 Å². The Morgan fingerprint density at radius 3 is 2.59 bits per heavy atom. The predicted octanol–water partition coefficient (Wildman–Crippen LogP) is 2.23. The zero-order valence-corrected chi connectivity index (χ0v) is 19.8. The average Bonchev–Trinajstić information content (AvgIpc) is 3.44. The van der Waals surface area contributed by atoms with E-state index in [0.717, 1.165) is 0 Å². The Kier molecular flexibility index (Phi) is 7.36. The highest BCUT2D eigenvalue weighted by Gasteiger charge is 2.46. The molecule has 13 heteroatoms. The molecular weight excluding hydrogens is 465 g/mol. The first-order valence-electron chi connectivity index (χ1n) is 10.5. The lowest BCUT2D eigenvalue weighted by molar-refractivity contribution is -0.0357. The van der Waals surface area contributed by atoms with Gasteiger partial charge in [-0.15, -0.1) is 0 Å². The highest BCUT2D eigenvalue weighted by molar-refractivity contribution is 7.53. The lowest BCUT2D eigenvalue weighted by Gasteiger charge is -2.20. The predicted molar refractivity (Wildman–Crippen MR) is 122 cm³/mol. The summed E-state index contributed by atoms with van der Waals surface area (Å²) in [5.74, 6) is -0.112. The van der Waals surface area contributed by atoms with Crippen LogP contribution in [0, 0.1) is 0 Å². The number of aliphatic hydroxyl groups excluding tert-OH is 1. The van der Waals surface area contributed by atoms with Crippen LogP contribution in [0.5, 0.6) is 0 Å². The number of nitrogens with one attached hydrogen (secondary N) is 1. The summed E-state index contributed by atoms with van der Waals surface area (Å²) < 4.78 is 35.5. The lowest BCUT2D eigenvalue weighted by Crippen LogP contribution is -2.34. The summed E-state index contributed by atoms with van der Waals surface area (Å²) in [7, 11) is 0.843. The molecule has 2 aromatic heterocycles. The zero-order valence-electron chi connectivity index (χ0n) is 18.9. The number of benzene rings is 1. The molecule has 2 N–H and O–H groups in total. The summed E-state index contributed by atoms with van der Waals surface area (Å²) in [5.41, 5.74) is 1.17. The Bertz CT molecular complexity index is 1180. The van der Waals surface area contributed by atoms with Crippen LogP contribution in [0.4, 0.5) is 5.82 Å². The largest absolute Gasteiger partial charge is 0.386 e. The molecule has 1 fully saturated rings. The van der Waals surface area contributed by atoms with E-state index in [1.807, 2.05) is 6.07 Å². The van der Waals surface area contributed by atoms with Gasteiger partial charge in [-0.2, -0.15) is 0 Å². The van der Waals surface area contributed by atoms with Gasteiger partial charge in [0.15, 0.2) is 23.2 Å². The molecule has 4 atom stereocenters. The summed E-state index contributed by atoms with van der Waals surface area (Å²) in [4.78, 5) is 25.3. The van der Waals surface area contributed by atoms with Crippen molar-refractivity contribution in [3.05, 3.63) is 48.5 Å². The van der Waals surface area contributed by atoms with Gasteiger partial charge in [0.25, 0.3) is 5.91 Å². The Labute approximate surface area is 195 Å². The maximum Gasteiger partial charge on any atom is 0.330 e. The van der Waals surface area contributed by atoms with Crippen molar-refractivity contribution in [1.82, 2.24) is 19.5 Å². The Balaban J connectivity index is 1.57. The van der Waals surface area contributed by atoms with E-state index >= 15 is 0 Å². The highest BCUT2D eigenvalue weighted by atomic mass is 31.2. The van der Waals surface area contributed by atoms with Crippen LogP contribution < -0.4 is 5.32 Å². The van der Waals surface area contributed by atoms with Crippen LogP contribution in [0.25, 0.3) is 11.2 Å². The summed E-state index contributed by atoms with van der Waals surface area (Å²) in [6.45, 7) is 0. The van der Waals surface area contributed by atoms with Crippen LogP contribution >= 0.6 is 7.60 Å². The van der Waals surface area contributed by atoms with E-state index in [4.69, 9.17) is 18.5 Å². The number of fused-ring (bicyclic) bond motifs is 1. The molecule has 0 spiro atoms. The van der Waals surface area contributed by atoms with E-state index in [-0.39, 0.29) is 24.3 Å². The van der Waals surface area contributed by atoms with Crippen molar-refractivity contribution < 1.29 is 33.0 Å². The molecule has 0 bridgehead atoms. The average molecular weight is 491 g/mol. The van der Waals surface area contributed by atoms with Crippen LogP contribution in [0.2, 0.25) is 0 Å². The molecule has 4 unspecified atom stereocenters. The van der Waals surface area contributed by atoms with Crippen LogP contribution in [-0.4, -0.2) is 76.3 Å². The maximum atomic E-state index is 12.6. The molecule has 3 heterocycles. The number of amides is 1. The van der Waals surface area contributed by atoms with Crippen molar-refractivity contribution in [3.63, 3.8) is 0 Å². The molecule has 34 heavy (non-hydrogen) atoms. The number of imidazole rings is 1. The number of aromatic nitrogens is 4. The molecule has 3 aromatic rings. The summed E-state index contributed by atoms with van der Waals surface area (Å²) >= 11 is 0. The minimum Gasteiger partial charge on any atom is -0.386 e. The molecule has 1 aliphatic heterocycles. The Morgan fingerprint density at radius 2 is 1.91 bits per heavy atom. The van der Waals surface area contributed by atoms with Gasteiger partial charge >= 0.3 is 7.60 Å². The van der Waals surface area contributed by atoms with E-state index in [1.54, 1.807) is 28.8 Å². The normalized spacial score (nSPS) is 22.8. The zero-order chi connectivity index (χ0) is 24.3. The van der Waals surface area contributed by atoms with Gasteiger partial charge < -0.3 is 28.9 Å². The van der Waals surface area contributed by atoms with E-state index in [9.17, 15) is 14.5 Å². The highest BCUT2D eigenvalue weighted by Crippen LogP contribution is 2.48. The molecule has 1 amide bonds. The molecule has 182 valence electrons. The van der Waals surface area contributed by atoms with E-state index < -0.39 is 32.1 Å². The van der Waals surface area contributed by atoms with Crippen molar-refractivity contribution in [3.8, 4) is 0 Å². The number of anilines is 1. The number of nitrogens with zero attached hydrogens (tertiary/aromatic N) is 4. The summed E-state index contributed by atoms with van der Waals surface area (Å²) in [6.07, 6.45) is -0.107. The third-order valence-electron chi connectivity index (χ3n) is 5.73. The number of aliphatic hydroxyl groups is 1.